The molecule has 0 fully saturated rings. The quantitative estimate of drug-likeness (QED) is 0.451. The van der Waals surface area contributed by atoms with Gasteiger partial charge in [0.05, 0.1) is 13.2 Å². The maximum Gasteiger partial charge on any atom is 0.189 e. The second kappa shape index (κ2) is 7.46. The zero-order chi connectivity index (χ0) is 13.5. The largest absolute Gasteiger partial charge is 0.467 e. The Morgan fingerprint density at radius 1 is 1.11 bits per heavy atom. The van der Waals surface area contributed by atoms with E-state index in [1.165, 1.54) is 12.5 Å². The molecule has 0 atom stereocenters. The average molecular weight is 268 g/mol. The molecule has 1 aliphatic carbocycles. The van der Waals surface area contributed by atoms with Gasteiger partial charge in [-0.25, -0.2) is 4.39 Å². The fourth-order valence-electron chi connectivity index (χ4n) is 2.36. The van der Waals surface area contributed by atoms with E-state index in [0.29, 0.717) is 19.0 Å². The zero-order valence-corrected chi connectivity index (χ0v) is 11.4. The first kappa shape index (κ1) is 14.3. The number of fused-ring (bicyclic) bond motifs is 1. The van der Waals surface area contributed by atoms with E-state index in [9.17, 15) is 4.39 Å². The van der Waals surface area contributed by atoms with Crippen LogP contribution in [0.3, 0.4) is 0 Å². The number of benzene rings is 1. The Kier molecular flexibility index (Phi) is 5.61. The van der Waals surface area contributed by atoms with Crippen LogP contribution in [0, 0.1) is 5.82 Å². The summed E-state index contributed by atoms with van der Waals surface area (Å²) in [5.74, 6) is 0.404. The van der Waals surface area contributed by atoms with Gasteiger partial charge in [-0.1, -0.05) is 6.42 Å². The van der Waals surface area contributed by atoms with E-state index >= 15 is 0 Å². The molecule has 3 nitrogen and oxygen atoms in total. The summed E-state index contributed by atoms with van der Waals surface area (Å²) in [6.45, 7) is 1.13. The van der Waals surface area contributed by atoms with E-state index in [-0.39, 0.29) is 12.6 Å². The third kappa shape index (κ3) is 4.18. The highest BCUT2D eigenvalue weighted by Gasteiger charge is 2.14. The highest BCUT2D eigenvalue weighted by Crippen LogP contribution is 2.27. The summed E-state index contributed by atoms with van der Waals surface area (Å²) in [4.78, 5) is 0. The molecule has 0 radical (unpaired) electrons. The first-order chi connectivity index (χ1) is 9.31. The molecule has 19 heavy (non-hydrogen) atoms. The summed E-state index contributed by atoms with van der Waals surface area (Å²) in [7, 11) is 1.62. The molecular formula is C15H21FO3. The van der Waals surface area contributed by atoms with Gasteiger partial charge in [0, 0.05) is 13.2 Å². The molecule has 0 unspecified atom stereocenters. The summed E-state index contributed by atoms with van der Waals surface area (Å²) in [6, 6.07) is 3.41. The molecule has 106 valence electrons. The zero-order valence-electron chi connectivity index (χ0n) is 11.4. The van der Waals surface area contributed by atoms with Gasteiger partial charge >= 0.3 is 0 Å². The van der Waals surface area contributed by atoms with Crippen LogP contribution in [0.15, 0.2) is 12.1 Å². The first-order valence-corrected chi connectivity index (χ1v) is 6.82. The van der Waals surface area contributed by atoms with Gasteiger partial charge in [-0.05, 0) is 42.9 Å². The maximum atomic E-state index is 14.0. The van der Waals surface area contributed by atoms with Crippen LogP contribution in [0.1, 0.15) is 30.4 Å². The summed E-state index contributed by atoms with van der Waals surface area (Å²) in [6.07, 6.45) is 5.15. The predicted octanol–water partition coefficient (Wildman–Crippen LogP) is 3.09. The van der Waals surface area contributed by atoms with Crippen LogP contribution < -0.4 is 4.74 Å². The second-order valence-corrected chi connectivity index (χ2v) is 4.77. The minimum Gasteiger partial charge on any atom is -0.467 e. The van der Waals surface area contributed by atoms with Crippen LogP contribution in [0.25, 0.3) is 0 Å². The molecule has 1 aliphatic rings. The molecule has 1 aromatic carbocycles. The lowest BCUT2D eigenvalue weighted by Crippen LogP contribution is -2.08. The lowest BCUT2D eigenvalue weighted by Gasteiger charge is -2.12. The van der Waals surface area contributed by atoms with E-state index < -0.39 is 0 Å². The number of hydrogen-bond acceptors (Lipinski definition) is 3. The van der Waals surface area contributed by atoms with Gasteiger partial charge < -0.3 is 14.2 Å². The minimum atomic E-state index is -0.147. The van der Waals surface area contributed by atoms with Crippen molar-refractivity contribution in [3.05, 3.63) is 29.1 Å². The lowest BCUT2D eigenvalue weighted by atomic mass is 10.0. The number of ether oxygens (including phenoxy) is 3. The molecule has 0 N–H and O–H groups in total. The van der Waals surface area contributed by atoms with Crippen LogP contribution in [0.5, 0.6) is 5.75 Å². The molecule has 0 amide bonds. The Morgan fingerprint density at radius 3 is 2.79 bits per heavy atom. The molecule has 0 heterocycles. The molecule has 0 aliphatic heterocycles. The summed E-state index contributed by atoms with van der Waals surface area (Å²) in [5.41, 5.74) is 1.95. The molecule has 4 heteroatoms. The van der Waals surface area contributed by atoms with E-state index in [0.717, 1.165) is 36.8 Å². The van der Waals surface area contributed by atoms with Crippen molar-refractivity contribution < 1.29 is 18.6 Å². The number of methoxy groups -OCH3 is 1. The SMILES string of the molecule is COCCOCOc1cc(F)c2c(c1)CCCCC2. The maximum absolute atomic E-state index is 14.0. The van der Waals surface area contributed by atoms with Gasteiger partial charge in [0.2, 0.25) is 0 Å². The van der Waals surface area contributed by atoms with Crippen molar-refractivity contribution in [3.63, 3.8) is 0 Å². The van der Waals surface area contributed by atoms with Crippen LogP contribution >= 0.6 is 0 Å². The molecule has 0 saturated heterocycles. The summed E-state index contributed by atoms with van der Waals surface area (Å²) >= 11 is 0. The second-order valence-electron chi connectivity index (χ2n) is 4.77. The van der Waals surface area contributed by atoms with Crippen LogP contribution in [-0.2, 0) is 22.3 Å². The minimum absolute atomic E-state index is 0.127. The Morgan fingerprint density at radius 2 is 1.95 bits per heavy atom. The van der Waals surface area contributed by atoms with Crippen molar-refractivity contribution in [3.8, 4) is 5.75 Å². The van der Waals surface area contributed by atoms with Crippen LogP contribution in [0.2, 0.25) is 0 Å². The third-order valence-electron chi connectivity index (χ3n) is 3.37. The van der Waals surface area contributed by atoms with Gasteiger partial charge in [-0.2, -0.15) is 0 Å². The van der Waals surface area contributed by atoms with Crippen molar-refractivity contribution in [2.45, 2.75) is 32.1 Å². The fraction of sp³-hybridized carbons (Fsp3) is 0.600. The van der Waals surface area contributed by atoms with Crippen LogP contribution in [-0.4, -0.2) is 27.1 Å². The third-order valence-corrected chi connectivity index (χ3v) is 3.37. The van der Waals surface area contributed by atoms with Gasteiger partial charge in [0.25, 0.3) is 0 Å². The molecule has 0 saturated carbocycles. The Hall–Kier alpha value is -1.13. The molecule has 0 aromatic heterocycles. The molecule has 1 aromatic rings. The predicted molar refractivity (Wildman–Crippen MR) is 71.0 cm³/mol. The topological polar surface area (TPSA) is 27.7 Å². The fourth-order valence-corrected chi connectivity index (χ4v) is 2.36. The highest BCUT2D eigenvalue weighted by atomic mass is 19.1. The number of rotatable bonds is 6. The van der Waals surface area contributed by atoms with Crippen molar-refractivity contribution in [1.82, 2.24) is 0 Å². The van der Waals surface area contributed by atoms with Gasteiger partial charge in [0.15, 0.2) is 6.79 Å². The van der Waals surface area contributed by atoms with Gasteiger partial charge in [-0.3, -0.25) is 0 Å². The molecular weight excluding hydrogens is 247 g/mol. The first-order valence-electron chi connectivity index (χ1n) is 6.82. The van der Waals surface area contributed by atoms with E-state index in [1.54, 1.807) is 7.11 Å². The number of hydrogen-bond donors (Lipinski definition) is 0. The normalized spacial score (nSPS) is 14.8. The van der Waals surface area contributed by atoms with Crippen molar-refractivity contribution in [2.24, 2.45) is 0 Å². The average Bonchev–Trinajstić information content (AvgIpc) is 2.64. The summed E-state index contributed by atoms with van der Waals surface area (Å²) < 4.78 is 29.5. The lowest BCUT2D eigenvalue weighted by molar-refractivity contribution is -0.00862. The van der Waals surface area contributed by atoms with Crippen LogP contribution in [0.4, 0.5) is 4.39 Å². The smallest absolute Gasteiger partial charge is 0.189 e. The Balaban J connectivity index is 1.94. The molecule has 2 rings (SSSR count). The Labute approximate surface area is 113 Å². The van der Waals surface area contributed by atoms with Crippen molar-refractivity contribution >= 4 is 0 Å². The molecule has 0 spiro atoms. The van der Waals surface area contributed by atoms with E-state index in [1.807, 2.05) is 6.07 Å². The van der Waals surface area contributed by atoms with E-state index in [2.05, 4.69) is 0 Å². The monoisotopic (exact) mass is 268 g/mol. The van der Waals surface area contributed by atoms with Gasteiger partial charge in [0.1, 0.15) is 11.6 Å². The van der Waals surface area contributed by atoms with Crippen molar-refractivity contribution in [2.75, 3.05) is 27.1 Å². The number of aryl methyl sites for hydroxylation is 1. The molecule has 0 bridgehead atoms. The van der Waals surface area contributed by atoms with Gasteiger partial charge in [-0.15, -0.1) is 0 Å². The Bertz CT molecular complexity index is 407. The van der Waals surface area contributed by atoms with Crippen molar-refractivity contribution in [1.29, 1.82) is 0 Å². The standard InChI is InChI=1S/C15H21FO3/c1-17-7-8-18-11-19-13-9-12-5-3-2-4-6-14(12)15(16)10-13/h9-10H,2-8,11H2,1H3. The number of halogens is 1. The summed E-state index contributed by atoms with van der Waals surface area (Å²) in [5, 5.41) is 0. The highest BCUT2D eigenvalue weighted by molar-refractivity contribution is 5.37. The van der Waals surface area contributed by atoms with E-state index in [4.69, 9.17) is 14.2 Å².